The molecule has 1 radical (unpaired) electrons. The number of rotatable bonds is 3. The number of ether oxygens (including phenoxy) is 2. The van der Waals surface area contributed by atoms with Gasteiger partial charge in [-0.05, 0) is 29.3 Å². The van der Waals surface area contributed by atoms with E-state index in [0.717, 1.165) is 11.5 Å². The topological polar surface area (TPSA) is 18.5 Å². The van der Waals surface area contributed by atoms with Crippen LogP contribution in [0.2, 0.25) is 0 Å². The molecule has 0 N–H and O–H groups in total. The molecule has 0 fully saturated rings. The van der Waals surface area contributed by atoms with Crippen molar-refractivity contribution >= 4 is 0 Å². The van der Waals surface area contributed by atoms with Crippen molar-refractivity contribution < 1.29 is 42.2 Å². The quantitative estimate of drug-likeness (QED) is 0.562. The maximum atomic E-state index is 6.05. The Morgan fingerprint density at radius 1 is 0.800 bits per heavy atom. The van der Waals surface area contributed by atoms with Crippen LogP contribution in [-0.2, 0) is 32.7 Å². The fourth-order valence-electron chi connectivity index (χ4n) is 3.53. The molecule has 3 aromatic carbocycles. The van der Waals surface area contributed by atoms with Gasteiger partial charge in [-0.2, -0.15) is 7.11 Å². The fourth-order valence-corrected chi connectivity index (χ4v) is 3.53. The molecular weight excluding hydrogens is 385 g/mol. The molecule has 1 aliphatic heterocycles. The zero-order chi connectivity index (χ0) is 16.4. The first-order valence-corrected chi connectivity index (χ1v) is 8.15. The average molecular weight is 404 g/mol. The van der Waals surface area contributed by atoms with E-state index in [2.05, 4.69) is 67.8 Å². The van der Waals surface area contributed by atoms with Crippen molar-refractivity contribution in [1.29, 1.82) is 0 Å². The van der Waals surface area contributed by atoms with Crippen molar-refractivity contribution in [1.82, 2.24) is 0 Å². The fraction of sp³-hybridized carbons (Fsp3) is 0.136. The molecule has 0 saturated heterocycles. The summed E-state index contributed by atoms with van der Waals surface area (Å²) in [6.07, 6.45) is 0. The van der Waals surface area contributed by atoms with Crippen LogP contribution in [0.15, 0.2) is 78.9 Å². The molecule has 25 heavy (non-hydrogen) atoms. The smallest absolute Gasteiger partial charge is 0.123 e. The molecule has 3 aromatic rings. The molecule has 0 saturated carbocycles. The Bertz CT molecular complexity index is 815. The van der Waals surface area contributed by atoms with Crippen LogP contribution in [0.25, 0.3) is 0 Å². The monoisotopic (exact) mass is 404 g/mol. The standard InChI is InChI=1S/C22H19O2.Y/c1-23-18-13-11-17(12-14-18)22-19-9-5-6-10-21(19)24-15-20(22)16-7-3-2-4-8-16;/h2-14,20,22H,1,15H2;/q-1;. The van der Waals surface area contributed by atoms with E-state index >= 15 is 0 Å². The molecule has 3 heteroatoms. The van der Waals surface area contributed by atoms with Crippen LogP contribution in [0.1, 0.15) is 28.5 Å². The van der Waals surface area contributed by atoms with Crippen molar-refractivity contribution in [3.63, 3.8) is 0 Å². The normalized spacial score (nSPS) is 18.4. The number of benzene rings is 3. The molecule has 4 rings (SSSR count). The van der Waals surface area contributed by atoms with Crippen LogP contribution in [0.3, 0.4) is 0 Å². The van der Waals surface area contributed by atoms with E-state index in [1.54, 1.807) is 0 Å². The van der Waals surface area contributed by atoms with Gasteiger partial charge in [-0.25, -0.2) is 0 Å². The predicted octanol–water partition coefficient (Wildman–Crippen LogP) is 5.16. The molecule has 2 atom stereocenters. The SMILES string of the molecule is [CH2-]Oc1ccc(C2c3ccccc3OCC2c2ccccc2)cc1.[Y]. The average Bonchev–Trinajstić information content (AvgIpc) is 2.68. The van der Waals surface area contributed by atoms with Crippen molar-refractivity contribution in [3.8, 4) is 11.5 Å². The minimum absolute atomic E-state index is 0. The summed E-state index contributed by atoms with van der Waals surface area (Å²) in [4.78, 5) is 0. The maximum Gasteiger partial charge on any atom is 0.123 e. The van der Waals surface area contributed by atoms with E-state index in [-0.39, 0.29) is 44.5 Å². The first kappa shape index (κ1) is 18.2. The Labute approximate surface area is 174 Å². The third-order valence-electron chi connectivity index (χ3n) is 4.71. The molecule has 1 aliphatic rings. The minimum atomic E-state index is 0. The Balaban J connectivity index is 0.00000182. The summed E-state index contributed by atoms with van der Waals surface area (Å²) in [5, 5.41) is 0. The van der Waals surface area contributed by atoms with E-state index in [0.29, 0.717) is 6.61 Å². The molecule has 2 nitrogen and oxygen atoms in total. The van der Waals surface area contributed by atoms with Crippen molar-refractivity contribution in [2.75, 3.05) is 6.61 Å². The zero-order valence-electron chi connectivity index (χ0n) is 14.0. The van der Waals surface area contributed by atoms with Gasteiger partial charge in [0.25, 0.3) is 0 Å². The van der Waals surface area contributed by atoms with Gasteiger partial charge in [-0.1, -0.05) is 60.7 Å². The van der Waals surface area contributed by atoms with E-state index < -0.39 is 0 Å². The van der Waals surface area contributed by atoms with Gasteiger partial charge in [0, 0.05) is 50.1 Å². The van der Waals surface area contributed by atoms with Crippen LogP contribution in [0, 0.1) is 7.11 Å². The van der Waals surface area contributed by atoms with Crippen molar-refractivity contribution in [3.05, 3.63) is 103 Å². The molecule has 0 aromatic heterocycles. The summed E-state index contributed by atoms with van der Waals surface area (Å²) in [6, 6.07) is 27.1. The van der Waals surface area contributed by atoms with E-state index in [9.17, 15) is 0 Å². The molecule has 2 unspecified atom stereocenters. The van der Waals surface area contributed by atoms with Gasteiger partial charge in [0.05, 0.1) is 12.4 Å². The van der Waals surface area contributed by atoms with Crippen LogP contribution >= 0.6 is 0 Å². The number of hydrogen-bond donors (Lipinski definition) is 0. The number of fused-ring (bicyclic) bond motifs is 1. The minimum Gasteiger partial charge on any atom is -0.665 e. The molecule has 0 amide bonds. The Morgan fingerprint density at radius 2 is 1.48 bits per heavy atom. The second-order valence-corrected chi connectivity index (χ2v) is 6.06. The van der Waals surface area contributed by atoms with E-state index in [4.69, 9.17) is 9.47 Å². The molecule has 0 bridgehead atoms. The zero-order valence-corrected chi connectivity index (χ0v) is 16.8. The van der Waals surface area contributed by atoms with Crippen LogP contribution in [-0.4, -0.2) is 6.61 Å². The molecular formula is C22H19O2Y-. The van der Waals surface area contributed by atoms with Gasteiger partial charge in [0.15, 0.2) is 0 Å². The predicted molar refractivity (Wildman–Crippen MR) is 95.4 cm³/mol. The summed E-state index contributed by atoms with van der Waals surface area (Å²) in [7, 11) is 3.48. The largest absolute Gasteiger partial charge is 0.665 e. The van der Waals surface area contributed by atoms with Gasteiger partial charge >= 0.3 is 0 Å². The first-order valence-electron chi connectivity index (χ1n) is 8.15. The van der Waals surface area contributed by atoms with Crippen molar-refractivity contribution in [2.24, 2.45) is 0 Å². The van der Waals surface area contributed by atoms with E-state index in [1.165, 1.54) is 16.7 Å². The molecule has 0 spiro atoms. The molecule has 1 heterocycles. The van der Waals surface area contributed by atoms with Gasteiger partial charge < -0.3 is 9.47 Å². The third-order valence-corrected chi connectivity index (χ3v) is 4.71. The summed E-state index contributed by atoms with van der Waals surface area (Å²) in [5.74, 6) is 2.30. The Morgan fingerprint density at radius 3 is 2.20 bits per heavy atom. The maximum absolute atomic E-state index is 6.05. The summed E-state index contributed by atoms with van der Waals surface area (Å²) in [5.41, 5.74) is 3.80. The number of para-hydroxylation sites is 1. The van der Waals surface area contributed by atoms with Crippen molar-refractivity contribution in [2.45, 2.75) is 11.8 Å². The second kappa shape index (κ2) is 8.16. The molecule has 0 aliphatic carbocycles. The van der Waals surface area contributed by atoms with Gasteiger partial charge in [0.2, 0.25) is 0 Å². The van der Waals surface area contributed by atoms with E-state index in [1.807, 2.05) is 18.2 Å². The second-order valence-electron chi connectivity index (χ2n) is 6.06. The van der Waals surface area contributed by atoms with Crippen LogP contribution in [0.5, 0.6) is 11.5 Å². The van der Waals surface area contributed by atoms with Crippen LogP contribution in [0.4, 0.5) is 0 Å². The van der Waals surface area contributed by atoms with Gasteiger partial charge in [-0.3, -0.25) is 0 Å². The Hall–Kier alpha value is -1.64. The molecule has 123 valence electrons. The number of hydrogen-bond acceptors (Lipinski definition) is 2. The Kier molecular flexibility index (Phi) is 5.93. The van der Waals surface area contributed by atoms with Gasteiger partial charge in [0.1, 0.15) is 5.75 Å². The third kappa shape index (κ3) is 3.66. The first-order chi connectivity index (χ1) is 11.9. The van der Waals surface area contributed by atoms with Crippen LogP contribution < -0.4 is 9.47 Å². The summed E-state index contributed by atoms with van der Waals surface area (Å²) >= 11 is 0. The summed E-state index contributed by atoms with van der Waals surface area (Å²) in [6.45, 7) is 0.680. The van der Waals surface area contributed by atoms with Gasteiger partial charge in [-0.15, -0.1) is 0 Å². The summed E-state index contributed by atoms with van der Waals surface area (Å²) < 4.78 is 11.1.